The Balaban J connectivity index is 2.09. The lowest BCUT2D eigenvalue weighted by Gasteiger charge is -2.02. The Bertz CT molecular complexity index is 940. The van der Waals surface area contributed by atoms with E-state index in [1.807, 2.05) is 31.2 Å². The van der Waals surface area contributed by atoms with Gasteiger partial charge in [0.1, 0.15) is 15.5 Å². The number of rotatable bonds is 3. The van der Waals surface area contributed by atoms with E-state index in [1.54, 1.807) is 6.92 Å². The van der Waals surface area contributed by atoms with E-state index in [-0.39, 0.29) is 10.4 Å². The molecule has 0 bridgehead atoms. The van der Waals surface area contributed by atoms with Gasteiger partial charge in [0.2, 0.25) is 0 Å². The number of carboxylic acids is 1. The van der Waals surface area contributed by atoms with Crippen LogP contribution in [0.25, 0.3) is 10.2 Å². The Labute approximate surface area is 130 Å². The fourth-order valence-corrected chi connectivity index (χ4v) is 3.53. The molecule has 2 aromatic heterocycles. The number of nitrogens with zero attached hydrogens (tertiary/aromatic N) is 1. The van der Waals surface area contributed by atoms with Gasteiger partial charge in [0.25, 0.3) is 5.56 Å². The van der Waals surface area contributed by atoms with Crippen molar-refractivity contribution >= 4 is 27.5 Å². The van der Waals surface area contributed by atoms with Crippen molar-refractivity contribution in [2.45, 2.75) is 20.3 Å². The van der Waals surface area contributed by atoms with E-state index in [2.05, 4.69) is 9.97 Å². The van der Waals surface area contributed by atoms with Crippen molar-refractivity contribution in [2.75, 3.05) is 0 Å². The van der Waals surface area contributed by atoms with Crippen molar-refractivity contribution < 1.29 is 9.90 Å². The molecule has 0 saturated heterocycles. The Kier molecular flexibility index (Phi) is 3.54. The minimum Gasteiger partial charge on any atom is -0.477 e. The maximum atomic E-state index is 12.2. The highest BCUT2D eigenvalue weighted by atomic mass is 32.1. The van der Waals surface area contributed by atoms with Crippen LogP contribution in [-0.4, -0.2) is 21.0 Å². The van der Waals surface area contributed by atoms with Crippen molar-refractivity contribution in [3.63, 3.8) is 0 Å². The molecular weight excluding hydrogens is 300 g/mol. The Morgan fingerprint density at radius 2 is 2.14 bits per heavy atom. The van der Waals surface area contributed by atoms with Gasteiger partial charge in [0, 0.05) is 6.42 Å². The third-order valence-corrected chi connectivity index (χ3v) is 4.67. The number of aryl methyl sites for hydroxylation is 2. The molecule has 2 heterocycles. The minimum atomic E-state index is -1.03. The van der Waals surface area contributed by atoms with Crippen LogP contribution in [0.3, 0.4) is 0 Å². The SMILES string of the molecule is Cc1cccc(Cc2nc3sc(C(=O)O)c(C)c3c(=O)[nH]2)c1. The number of carbonyl (C=O) groups is 1. The highest BCUT2D eigenvalue weighted by Gasteiger charge is 2.18. The van der Waals surface area contributed by atoms with Gasteiger partial charge < -0.3 is 10.1 Å². The van der Waals surface area contributed by atoms with E-state index in [0.717, 1.165) is 22.5 Å². The number of thiophene rings is 1. The third kappa shape index (κ3) is 2.53. The molecular formula is C16H14N2O3S. The number of aromatic carboxylic acids is 1. The van der Waals surface area contributed by atoms with Crippen molar-refractivity contribution in [3.05, 3.63) is 62.0 Å². The molecule has 1 aromatic carbocycles. The number of hydrogen-bond acceptors (Lipinski definition) is 4. The van der Waals surface area contributed by atoms with Gasteiger partial charge in [-0.3, -0.25) is 4.79 Å². The van der Waals surface area contributed by atoms with Crippen LogP contribution in [0.1, 0.15) is 32.2 Å². The van der Waals surface area contributed by atoms with E-state index in [0.29, 0.717) is 28.0 Å². The second-order valence-corrected chi connectivity index (χ2v) is 6.22. The molecule has 0 radical (unpaired) electrons. The maximum Gasteiger partial charge on any atom is 0.346 e. The molecule has 0 saturated carbocycles. The summed E-state index contributed by atoms with van der Waals surface area (Å²) in [5, 5.41) is 9.53. The van der Waals surface area contributed by atoms with E-state index in [4.69, 9.17) is 5.11 Å². The van der Waals surface area contributed by atoms with Gasteiger partial charge in [-0.1, -0.05) is 29.8 Å². The summed E-state index contributed by atoms with van der Waals surface area (Å²) >= 11 is 1.04. The molecule has 0 atom stereocenters. The van der Waals surface area contributed by atoms with Crippen LogP contribution < -0.4 is 5.56 Å². The zero-order valence-corrected chi connectivity index (χ0v) is 13.0. The van der Waals surface area contributed by atoms with E-state index < -0.39 is 5.97 Å². The molecule has 3 rings (SSSR count). The predicted octanol–water partition coefficient (Wildman–Crippen LogP) is 2.89. The Morgan fingerprint density at radius 3 is 2.82 bits per heavy atom. The average Bonchev–Trinajstić information content (AvgIpc) is 2.76. The van der Waals surface area contributed by atoms with Crippen LogP contribution >= 0.6 is 11.3 Å². The van der Waals surface area contributed by atoms with Gasteiger partial charge in [-0.2, -0.15) is 0 Å². The second-order valence-electron chi connectivity index (χ2n) is 5.22. The number of hydrogen-bond donors (Lipinski definition) is 2. The number of carboxylic acid groups (broad SMARTS) is 1. The molecule has 3 aromatic rings. The van der Waals surface area contributed by atoms with Crippen LogP contribution in [0.2, 0.25) is 0 Å². The van der Waals surface area contributed by atoms with Gasteiger partial charge in [-0.25, -0.2) is 9.78 Å². The van der Waals surface area contributed by atoms with Crippen LogP contribution in [-0.2, 0) is 6.42 Å². The van der Waals surface area contributed by atoms with Gasteiger partial charge in [-0.15, -0.1) is 11.3 Å². The predicted molar refractivity (Wildman–Crippen MR) is 85.9 cm³/mol. The third-order valence-electron chi connectivity index (χ3n) is 3.50. The largest absolute Gasteiger partial charge is 0.477 e. The first-order valence-corrected chi connectivity index (χ1v) is 7.58. The molecule has 0 fully saturated rings. The molecule has 0 spiro atoms. The van der Waals surface area contributed by atoms with Crippen LogP contribution in [0.5, 0.6) is 0 Å². The van der Waals surface area contributed by atoms with Crippen LogP contribution in [0.4, 0.5) is 0 Å². The lowest BCUT2D eigenvalue weighted by molar-refractivity contribution is 0.0701. The summed E-state index contributed by atoms with van der Waals surface area (Å²) in [6.45, 7) is 3.64. The highest BCUT2D eigenvalue weighted by Crippen LogP contribution is 2.27. The summed E-state index contributed by atoms with van der Waals surface area (Å²) in [5.74, 6) is -0.485. The first-order valence-electron chi connectivity index (χ1n) is 6.77. The number of aromatic amines is 1. The first kappa shape index (κ1) is 14.5. The Hall–Kier alpha value is -2.47. The number of H-pyrrole nitrogens is 1. The molecule has 0 amide bonds. The molecule has 2 N–H and O–H groups in total. The zero-order chi connectivity index (χ0) is 15.9. The molecule has 22 heavy (non-hydrogen) atoms. The normalized spacial score (nSPS) is 11.0. The fraction of sp³-hybridized carbons (Fsp3) is 0.188. The molecule has 0 aliphatic rings. The van der Waals surface area contributed by atoms with E-state index in [9.17, 15) is 9.59 Å². The molecule has 112 valence electrons. The van der Waals surface area contributed by atoms with Gasteiger partial charge >= 0.3 is 5.97 Å². The lowest BCUT2D eigenvalue weighted by atomic mass is 10.1. The Morgan fingerprint density at radius 1 is 1.36 bits per heavy atom. The summed E-state index contributed by atoms with van der Waals surface area (Å²) in [6.07, 6.45) is 0.506. The quantitative estimate of drug-likeness (QED) is 0.778. The summed E-state index contributed by atoms with van der Waals surface area (Å²) in [7, 11) is 0. The molecule has 0 aliphatic carbocycles. The van der Waals surface area contributed by atoms with Crippen molar-refractivity contribution in [3.8, 4) is 0 Å². The van der Waals surface area contributed by atoms with Crippen molar-refractivity contribution in [1.29, 1.82) is 0 Å². The zero-order valence-electron chi connectivity index (χ0n) is 12.1. The average molecular weight is 314 g/mol. The number of fused-ring (bicyclic) bond motifs is 1. The second kappa shape index (κ2) is 5.38. The number of benzene rings is 1. The standard InChI is InChI=1S/C16H14N2O3S/c1-8-4-3-5-10(6-8)7-11-17-14(19)12-9(2)13(16(20)21)22-15(12)18-11/h3-6H,7H2,1-2H3,(H,20,21)(H,17,18,19). The number of nitrogens with one attached hydrogen (secondary N) is 1. The monoisotopic (exact) mass is 314 g/mol. The van der Waals surface area contributed by atoms with Gasteiger partial charge in [0.05, 0.1) is 5.39 Å². The molecule has 0 aliphatic heterocycles. The van der Waals surface area contributed by atoms with Crippen LogP contribution in [0, 0.1) is 13.8 Å². The van der Waals surface area contributed by atoms with Crippen molar-refractivity contribution in [1.82, 2.24) is 9.97 Å². The topological polar surface area (TPSA) is 83.0 Å². The van der Waals surface area contributed by atoms with Crippen LogP contribution in [0.15, 0.2) is 29.1 Å². The van der Waals surface area contributed by atoms with Gasteiger partial charge in [-0.05, 0) is 25.0 Å². The van der Waals surface area contributed by atoms with E-state index in [1.165, 1.54) is 0 Å². The lowest BCUT2D eigenvalue weighted by Crippen LogP contribution is -2.12. The maximum absolute atomic E-state index is 12.2. The van der Waals surface area contributed by atoms with Crippen molar-refractivity contribution in [2.24, 2.45) is 0 Å². The number of aromatic nitrogens is 2. The molecule has 0 unspecified atom stereocenters. The summed E-state index contributed by atoms with van der Waals surface area (Å²) in [6, 6.07) is 7.97. The molecule has 5 nitrogen and oxygen atoms in total. The first-order chi connectivity index (χ1) is 10.5. The van der Waals surface area contributed by atoms with E-state index >= 15 is 0 Å². The van der Waals surface area contributed by atoms with Gasteiger partial charge in [0.15, 0.2) is 0 Å². The summed E-state index contributed by atoms with van der Waals surface area (Å²) in [4.78, 5) is 31.2. The fourth-order valence-electron chi connectivity index (χ4n) is 2.49. The molecule has 6 heteroatoms. The summed E-state index contributed by atoms with van der Waals surface area (Å²) < 4.78 is 0. The smallest absolute Gasteiger partial charge is 0.346 e. The minimum absolute atomic E-state index is 0.167. The summed E-state index contributed by atoms with van der Waals surface area (Å²) in [5.41, 5.74) is 2.38. The highest BCUT2D eigenvalue weighted by molar-refractivity contribution is 7.20.